The van der Waals surface area contributed by atoms with E-state index in [4.69, 9.17) is 4.74 Å². The van der Waals surface area contributed by atoms with Gasteiger partial charge in [-0.25, -0.2) is 9.59 Å². The Morgan fingerprint density at radius 1 is 1.04 bits per heavy atom. The molecule has 2 rings (SSSR count). The van der Waals surface area contributed by atoms with Crippen LogP contribution in [0.2, 0.25) is 0 Å². The molecule has 26 heavy (non-hydrogen) atoms. The minimum absolute atomic E-state index is 0.146. The predicted molar refractivity (Wildman–Crippen MR) is 93.8 cm³/mol. The van der Waals surface area contributed by atoms with Gasteiger partial charge >= 0.3 is 16.9 Å². The van der Waals surface area contributed by atoms with Gasteiger partial charge in [0, 0.05) is 0 Å². The van der Waals surface area contributed by atoms with Crippen LogP contribution in [0.5, 0.6) is 0 Å². The van der Waals surface area contributed by atoms with Gasteiger partial charge in [0.2, 0.25) is 5.54 Å². The third-order valence-electron chi connectivity index (χ3n) is 3.63. The second-order valence-electron chi connectivity index (χ2n) is 5.29. The van der Waals surface area contributed by atoms with Gasteiger partial charge in [-0.05, 0) is 27.1 Å². The van der Waals surface area contributed by atoms with Gasteiger partial charge in [0.1, 0.15) is 6.61 Å². The molecule has 138 valence electrons. The lowest BCUT2D eigenvalue weighted by atomic mass is 9.90. The summed E-state index contributed by atoms with van der Waals surface area (Å²) in [5, 5.41) is 1.98. The number of alkyl halides is 3. The van der Waals surface area contributed by atoms with Gasteiger partial charge in [-0.2, -0.15) is 8.78 Å². The number of hydrogen-bond acceptors (Lipinski definition) is 4. The van der Waals surface area contributed by atoms with Gasteiger partial charge in [-0.1, -0.05) is 60.7 Å². The van der Waals surface area contributed by atoms with Crippen molar-refractivity contribution < 1.29 is 27.8 Å². The lowest BCUT2D eigenvalue weighted by Crippen LogP contribution is -2.61. The second-order valence-corrected chi connectivity index (χ2v) is 6.29. The quantitative estimate of drug-likeness (QED) is 0.559. The summed E-state index contributed by atoms with van der Waals surface area (Å²) in [6.07, 6.45) is -1.19. The molecule has 1 atom stereocenters. The molecule has 0 radical (unpaired) electrons. The molecule has 0 spiro atoms. The van der Waals surface area contributed by atoms with Gasteiger partial charge in [0.25, 0.3) is 0 Å². The van der Waals surface area contributed by atoms with Crippen molar-refractivity contribution in [1.29, 1.82) is 0 Å². The average molecular weight is 428 g/mol. The fourth-order valence-electron chi connectivity index (χ4n) is 2.34. The van der Waals surface area contributed by atoms with Crippen LogP contribution in [0.1, 0.15) is 11.1 Å². The highest BCUT2D eigenvalue weighted by atomic mass is 79.9. The number of methoxy groups -OCH3 is 1. The molecule has 1 N–H and O–H groups in total. The number of ether oxygens (including phenoxy) is 2. The third kappa shape index (κ3) is 4.19. The topological polar surface area (TPSA) is 64.6 Å². The highest BCUT2D eigenvalue weighted by Crippen LogP contribution is 2.43. The molecule has 0 saturated carbocycles. The average Bonchev–Trinajstić information content (AvgIpc) is 2.64. The fraction of sp³-hybridized carbons (Fsp3) is 0.222. The molecule has 5 nitrogen and oxygen atoms in total. The van der Waals surface area contributed by atoms with Crippen LogP contribution >= 0.6 is 15.9 Å². The first-order valence-electron chi connectivity index (χ1n) is 7.51. The number of nitrogens with one attached hydrogen (secondary N) is 1. The number of benzene rings is 2. The van der Waals surface area contributed by atoms with Gasteiger partial charge in [0.05, 0.1) is 7.11 Å². The van der Waals surface area contributed by atoms with E-state index in [1.807, 2.05) is 5.32 Å². The van der Waals surface area contributed by atoms with E-state index in [1.54, 1.807) is 36.4 Å². The normalized spacial score (nSPS) is 13.4. The zero-order valence-corrected chi connectivity index (χ0v) is 15.3. The Morgan fingerprint density at radius 3 is 2.08 bits per heavy atom. The summed E-state index contributed by atoms with van der Waals surface area (Å²) in [5.74, 6) is -1.35. The number of halogens is 3. The van der Waals surface area contributed by atoms with E-state index >= 15 is 0 Å². The largest absolute Gasteiger partial charge is 0.467 e. The number of carbonyl (C=O) groups is 2. The van der Waals surface area contributed by atoms with Crippen LogP contribution in [0, 0.1) is 0 Å². The number of alkyl carbamates (subject to hydrolysis) is 1. The molecule has 0 aliphatic carbocycles. The molecule has 0 aliphatic heterocycles. The van der Waals surface area contributed by atoms with Crippen LogP contribution in [0.25, 0.3) is 0 Å². The van der Waals surface area contributed by atoms with Gasteiger partial charge in [0.15, 0.2) is 0 Å². The monoisotopic (exact) mass is 427 g/mol. The summed E-state index contributed by atoms with van der Waals surface area (Å²) in [7, 11) is 0.954. The Hall–Kier alpha value is -2.48. The Bertz CT molecular complexity index is 753. The van der Waals surface area contributed by atoms with Crippen molar-refractivity contribution in [3.05, 3.63) is 71.8 Å². The van der Waals surface area contributed by atoms with Crippen molar-refractivity contribution in [2.24, 2.45) is 0 Å². The molecule has 1 amide bonds. The molecule has 2 aromatic carbocycles. The molecule has 0 fully saturated rings. The number of carbonyl (C=O) groups excluding carboxylic acids is 2. The Morgan fingerprint density at radius 2 is 1.58 bits per heavy atom. The van der Waals surface area contributed by atoms with Crippen molar-refractivity contribution in [1.82, 2.24) is 5.32 Å². The van der Waals surface area contributed by atoms with Gasteiger partial charge < -0.3 is 9.47 Å². The van der Waals surface area contributed by atoms with Crippen molar-refractivity contribution in [3.63, 3.8) is 0 Å². The van der Waals surface area contributed by atoms with Crippen LogP contribution in [-0.4, -0.2) is 24.0 Å². The van der Waals surface area contributed by atoms with Crippen LogP contribution in [0.15, 0.2) is 60.7 Å². The Balaban J connectivity index is 2.32. The lowest BCUT2D eigenvalue weighted by molar-refractivity contribution is -0.158. The van der Waals surface area contributed by atoms with Crippen molar-refractivity contribution in [3.8, 4) is 0 Å². The van der Waals surface area contributed by atoms with E-state index in [9.17, 15) is 18.4 Å². The van der Waals surface area contributed by atoms with Gasteiger partial charge in [-0.15, -0.1) is 0 Å². The molecular formula is C18H16BrF2NO4. The predicted octanol–water partition coefficient (Wildman–Crippen LogP) is 3.97. The minimum atomic E-state index is -3.85. The summed E-state index contributed by atoms with van der Waals surface area (Å²) < 4.78 is 38.4. The maximum Gasteiger partial charge on any atom is 0.408 e. The number of amides is 1. The number of hydrogen-bond donors (Lipinski definition) is 1. The highest BCUT2D eigenvalue weighted by molar-refractivity contribution is 9.10. The molecule has 8 heteroatoms. The minimum Gasteiger partial charge on any atom is -0.467 e. The number of rotatable bonds is 6. The molecule has 0 aliphatic rings. The SMILES string of the molecule is COC(=O)C(NC(=O)OCc1ccccc1)(c1ccccc1)C(F)(F)Br. The zero-order chi connectivity index (χ0) is 19.2. The standard InChI is InChI=1S/C18H16BrF2NO4/c1-25-15(23)17(18(19,20)21,14-10-6-3-7-11-14)22-16(24)26-12-13-8-4-2-5-9-13/h2-11H,12H2,1H3,(H,22,24). The van der Waals surface area contributed by atoms with Crippen LogP contribution in [-0.2, 0) is 26.4 Å². The van der Waals surface area contributed by atoms with E-state index in [1.165, 1.54) is 24.3 Å². The number of esters is 1. The van der Waals surface area contributed by atoms with E-state index < -0.39 is 22.4 Å². The van der Waals surface area contributed by atoms with E-state index in [-0.39, 0.29) is 12.2 Å². The Kier molecular flexibility index (Phi) is 6.31. The summed E-state index contributed by atoms with van der Waals surface area (Å²) in [4.78, 5) is 20.6. The van der Waals surface area contributed by atoms with E-state index in [0.717, 1.165) is 7.11 Å². The first kappa shape index (κ1) is 19.8. The lowest BCUT2D eigenvalue weighted by Gasteiger charge is -2.35. The molecule has 0 saturated heterocycles. The zero-order valence-electron chi connectivity index (χ0n) is 13.7. The van der Waals surface area contributed by atoms with Gasteiger partial charge in [-0.3, -0.25) is 5.32 Å². The summed E-state index contributed by atoms with van der Waals surface area (Å²) in [5.41, 5.74) is -2.29. The first-order valence-corrected chi connectivity index (χ1v) is 8.30. The summed E-state index contributed by atoms with van der Waals surface area (Å²) in [6, 6.07) is 15.8. The van der Waals surface area contributed by atoms with Crippen LogP contribution < -0.4 is 5.32 Å². The van der Waals surface area contributed by atoms with Crippen molar-refractivity contribution in [2.45, 2.75) is 17.0 Å². The maximum absolute atomic E-state index is 14.4. The maximum atomic E-state index is 14.4. The molecule has 0 bridgehead atoms. The summed E-state index contributed by atoms with van der Waals surface area (Å²) in [6.45, 7) is -0.146. The molecule has 1 unspecified atom stereocenters. The third-order valence-corrected chi connectivity index (χ3v) is 4.22. The van der Waals surface area contributed by atoms with E-state index in [0.29, 0.717) is 5.56 Å². The molecule has 0 aromatic heterocycles. The van der Waals surface area contributed by atoms with Crippen molar-refractivity contribution >= 4 is 28.0 Å². The molecule has 2 aromatic rings. The van der Waals surface area contributed by atoms with E-state index in [2.05, 4.69) is 20.7 Å². The summed E-state index contributed by atoms with van der Waals surface area (Å²) >= 11 is 2.20. The molecule has 0 heterocycles. The van der Waals surface area contributed by atoms with Crippen molar-refractivity contribution in [2.75, 3.05) is 7.11 Å². The second kappa shape index (κ2) is 8.27. The first-order chi connectivity index (χ1) is 12.3. The molecular weight excluding hydrogens is 412 g/mol. The smallest absolute Gasteiger partial charge is 0.408 e. The highest BCUT2D eigenvalue weighted by Gasteiger charge is 2.61. The fourth-order valence-corrected chi connectivity index (χ4v) is 2.83. The Labute approximate surface area is 157 Å². The van der Waals surface area contributed by atoms with Crippen LogP contribution in [0.3, 0.4) is 0 Å². The van der Waals surface area contributed by atoms with Crippen LogP contribution in [0.4, 0.5) is 13.6 Å².